The number of carbonyl (C=O) groups is 1. The van der Waals surface area contributed by atoms with Gasteiger partial charge in [-0.15, -0.1) is 0 Å². The second-order valence-electron chi connectivity index (χ2n) is 2.24. The summed E-state index contributed by atoms with van der Waals surface area (Å²) in [7, 11) is -4.34. The van der Waals surface area contributed by atoms with E-state index in [0.29, 0.717) is 6.41 Å². The lowest BCUT2D eigenvalue weighted by molar-refractivity contribution is -0.732. The lowest BCUT2D eigenvalue weighted by atomic mass is 10.6. The number of hydrogen-bond donors (Lipinski definition) is 2. The zero-order valence-corrected chi connectivity index (χ0v) is 7.49. The van der Waals surface area contributed by atoms with Gasteiger partial charge in [-0.1, -0.05) is 0 Å². The third-order valence-corrected chi connectivity index (χ3v) is 3.51. The minimum absolute atomic E-state index is 0.115. The van der Waals surface area contributed by atoms with Gasteiger partial charge in [-0.25, -0.2) is 9.36 Å². The lowest BCUT2D eigenvalue weighted by Gasteiger charge is -2.28. The number of rotatable bonds is 4. The molecule has 1 amide bonds. The minimum atomic E-state index is -4.34. The lowest BCUT2D eigenvalue weighted by Crippen LogP contribution is -2.42. The molecule has 2 N–H and O–H groups in total. The van der Waals surface area contributed by atoms with Gasteiger partial charge in [0.1, 0.15) is 0 Å². The van der Waals surface area contributed by atoms with E-state index in [-0.39, 0.29) is 13.1 Å². The minimum Gasteiger partial charge on any atom is -0.278 e. The summed E-state index contributed by atoms with van der Waals surface area (Å²) < 4.78 is 10.00. The zero-order chi connectivity index (χ0) is 9.12. The molecular weight excluding hydrogens is 169 g/mol. The third-order valence-electron chi connectivity index (χ3n) is 1.81. The molecule has 0 rings (SSSR count). The molecule has 0 saturated heterocycles. The van der Waals surface area contributed by atoms with Crippen molar-refractivity contribution in [1.82, 2.24) is 0 Å². The van der Waals surface area contributed by atoms with Crippen LogP contribution >= 0.6 is 7.75 Å². The highest BCUT2D eigenvalue weighted by molar-refractivity contribution is 7.45. The van der Waals surface area contributed by atoms with Gasteiger partial charge in [-0.2, -0.15) is 4.25 Å². The van der Waals surface area contributed by atoms with Crippen molar-refractivity contribution in [3.63, 3.8) is 0 Å². The maximum Gasteiger partial charge on any atom is 0.533 e. The fraction of sp³-hybridized carbons (Fsp3) is 0.800. The van der Waals surface area contributed by atoms with Crippen LogP contribution in [0.5, 0.6) is 0 Å². The van der Waals surface area contributed by atoms with E-state index >= 15 is 0 Å². The summed E-state index contributed by atoms with van der Waals surface area (Å²) in [5.74, 6) is 0. The SMILES string of the molecule is CC[N+](C=O)(CC)P(=O)(O)O. The van der Waals surface area contributed by atoms with Crippen LogP contribution in [-0.4, -0.2) is 33.5 Å². The first-order chi connectivity index (χ1) is 4.93. The topological polar surface area (TPSA) is 74.6 Å². The monoisotopic (exact) mass is 182 g/mol. The number of carbonyl (C=O) groups excluding carboxylic acids is 1. The van der Waals surface area contributed by atoms with E-state index in [2.05, 4.69) is 0 Å². The van der Waals surface area contributed by atoms with E-state index in [9.17, 15) is 9.36 Å². The zero-order valence-electron chi connectivity index (χ0n) is 6.60. The molecule has 0 spiro atoms. The van der Waals surface area contributed by atoms with Crippen LogP contribution in [0, 0.1) is 0 Å². The fourth-order valence-corrected chi connectivity index (χ4v) is 1.66. The first-order valence-electron chi connectivity index (χ1n) is 3.32. The van der Waals surface area contributed by atoms with E-state index in [0.717, 1.165) is 0 Å². The van der Waals surface area contributed by atoms with Gasteiger partial charge in [-0.3, -0.25) is 9.79 Å². The first kappa shape index (κ1) is 10.8. The van der Waals surface area contributed by atoms with Gasteiger partial charge in [-0.05, 0) is 13.8 Å². The summed E-state index contributed by atoms with van der Waals surface area (Å²) in [6, 6.07) is 0. The summed E-state index contributed by atoms with van der Waals surface area (Å²) in [5, 5.41) is 0. The molecule has 0 aromatic heterocycles. The van der Waals surface area contributed by atoms with Crippen LogP contribution < -0.4 is 0 Å². The Bertz CT molecular complexity index is 183. The average molecular weight is 182 g/mol. The molecule has 0 bridgehead atoms. The summed E-state index contributed by atoms with van der Waals surface area (Å²) in [6.45, 7) is 3.36. The predicted octanol–water partition coefficient (Wildman–Crippen LogP) is 0.0921. The molecule has 0 fully saturated rings. The number of amides is 1. The molecule has 11 heavy (non-hydrogen) atoms. The van der Waals surface area contributed by atoms with E-state index in [1.165, 1.54) is 0 Å². The second-order valence-corrected chi connectivity index (χ2v) is 4.06. The Morgan fingerprint density at radius 3 is 1.73 bits per heavy atom. The van der Waals surface area contributed by atoms with Gasteiger partial charge in [0.05, 0.1) is 13.1 Å². The molecule has 0 aromatic carbocycles. The molecule has 66 valence electrons. The molecule has 0 radical (unpaired) electrons. The standard InChI is InChI=1S/C5H12NO4P/c1-3-6(4-2,5-7)11(8,9)10/h5H,3-4H2,1-2H3,(H-,8,9,10)/p+1. The summed E-state index contributed by atoms with van der Waals surface area (Å²) in [5.41, 5.74) is 0. The van der Waals surface area contributed by atoms with Crippen LogP contribution in [-0.2, 0) is 9.36 Å². The highest BCUT2D eigenvalue weighted by Gasteiger charge is 2.43. The van der Waals surface area contributed by atoms with Crippen molar-refractivity contribution in [2.75, 3.05) is 13.1 Å². The Kier molecular flexibility index (Phi) is 3.38. The molecule has 0 aliphatic rings. The fourth-order valence-electron chi connectivity index (χ4n) is 0.803. The highest BCUT2D eigenvalue weighted by atomic mass is 31.2. The van der Waals surface area contributed by atoms with Crippen LogP contribution in [0.15, 0.2) is 0 Å². The maximum atomic E-state index is 10.8. The number of quaternary nitrogens is 1. The molecular formula is C5H13NO4P+. The Hall–Kier alpha value is -0.220. The van der Waals surface area contributed by atoms with Gasteiger partial charge in [0.25, 0.3) is 0 Å². The Morgan fingerprint density at radius 1 is 1.36 bits per heavy atom. The normalized spacial score (nSPS) is 13.1. The van der Waals surface area contributed by atoms with Crippen molar-refractivity contribution in [1.29, 1.82) is 0 Å². The third kappa shape index (κ3) is 1.87. The van der Waals surface area contributed by atoms with Crippen molar-refractivity contribution in [2.24, 2.45) is 0 Å². The summed E-state index contributed by atoms with van der Waals surface area (Å²) in [4.78, 5) is 28.0. The van der Waals surface area contributed by atoms with Gasteiger partial charge in [0.2, 0.25) is 0 Å². The molecule has 0 heterocycles. The van der Waals surface area contributed by atoms with Crippen LogP contribution in [0.2, 0.25) is 0 Å². The van der Waals surface area contributed by atoms with Gasteiger partial charge in [0, 0.05) is 0 Å². The smallest absolute Gasteiger partial charge is 0.278 e. The van der Waals surface area contributed by atoms with Gasteiger partial charge >= 0.3 is 14.2 Å². The van der Waals surface area contributed by atoms with Crippen molar-refractivity contribution in [2.45, 2.75) is 13.8 Å². The van der Waals surface area contributed by atoms with Gasteiger partial charge in [0.15, 0.2) is 0 Å². The van der Waals surface area contributed by atoms with Gasteiger partial charge < -0.3 is 0 Å². The van der Waals surface area contributed by atoms with Crippen molar-refractivity contribution in [3.8, 4) is 0 Å². The van der Waals surface area contributed by atoms with E-state index < -0.39 is 12.0 Å². The average Bonchev–Trinajstić information content (AvgIpc) is 1.90. The molecule has 6 heteroatoms. The molecule has 0 aliphatic carbocycles. The Morgan fingerprint density at radius 2 is 1.73 bits per heavy atom. The molecule has 0 atom stereocenters. The highest BCUT2D eigenvalue weighted by Crippen LogP contribution is 2.46. The maximum absolute atomic E-state index is 10.8. The van der Waals surface area contributed by atoms with Crippen LogP contribution in [0.25, 0.3) is 0 Å². The quantitative estimate of drug-likeness (QED) is 0.477. The Labute approximate surface area is 65.4 Å². The molecule has 0 unspecified atom stereocenters. The molecule has 0 aliphatic heterocycles. The van der Waals surface area contributed by atoms with Crippen LogP contribution in [0.3, 0.4) is 0 Å². The van der Waals surface area contributed by atoms with Crippen molar-refractivity contribution in [3.05, 3.63) is 0 Å². The number of hydrogen-bond acceptors (Lipinski definition) is 2. The molecule has 0 aromatic rings. The number of nitrogens with zero attached hydrogens (tertiary/aromatic N) is 1. The van der Waals surface area contributed by atoms with E-state index in [4.69, 9.17) is 9.79 Å². The van der Waals surface area contributed by atoms with Crippen LogP contribution in [0.4, 0.5) is 0 Å². The van der Waals surface area contributed by atoms with E-state index in [1.807, 2.05) is 0 Å². The Balaban J connectivity index is 4.84. The largest absolute Gasteiger partial charge is 0.533 e. The molecule has 5 nitrogen and oxygen atoms in total. The van der Waals surface area contributed by atoms with Crippen molar-refractivity contribution < 1.29 is 23.4 Å². The predicted molar refractivity (Wildman–Crippen MR) is 39.5 cm³/mol. The summed E-state index contributed by atoms with van der Waals surface area (Å²) in [6.07, 6.45) is 0.306. The van der Waals surface area contributed by atoms with Crippen molar-refractivity contribution >= 4 is 14.2 Å². The second kappa shape index (κ2) is 3.45. The summed E-state index contributed by atoms with van der Waals surface area (Å²) >= 11 is 0. The first-order valence-corrected chi connectivity index (χ1v) is 4.89. The van der Waals surface area contributed by atoms with Crippen LogP contribution in [0.1, 0.15) is 13.8 Å². The molecule has 0 saturated carbocycles. The van der Waals surface area contributed by atoms with E-state index in [1.54, 1.807) is 13.8 Å².